The van der Waals surface area contributed by atoms with Gasteiger partial charge in [-0.2, -0.15) is 4.68 Å². The Bertz CT molecular complexity index is 448. The monoisotopic (exact) mass is 207 g/mol. The van der Waals surface area contributed by atoms with Crippen LogP contribution in [-0.2, 0) is 0 Å². The summed E-state index contributed by atoms with van der Waals surface area (Å²) in [4.78, 5) is 0. The Labute approximate surface area is 85.7 Å². The zero-order valence-electron chi connectivity index (χ0n) is 8.13. The topological polar surface area (TPSA) is 69.6 Å². The number of hydrogen-bond donors (Lipinski definition) is 1. The van der Waals surface area contributed by atoms with Gasteiger partial charge >= 0.3 is 0 Å². The number of nitrogens with zero attached hydrogens (tertiary/aromatic N) is 4. The first-order valence-corrected chi connectivity index (χ1v) is 4.48. The molecule has 2 rings (SSSR count). The van der Waals surface area contributed by atoms with Gasteiger partial charge in [0.2, 0.25) is 0 Å². The minimum absolute atomic E-state index is 0.273. The van der Waals surface area contributed by atoms with Crippen LogP contribution in [0.5, 0.6) is 0 Å². The maximum atomic E-state index is 12.7. The SMILES string of the molecule is CC(N)c1nnnn1-c1ccc(F)cc1. The fourth-order valence-corrected chi connectivity index (χ4v) is 1.24. The molecular weight excluding hydrogens is 197 g/mol. The van der Waals surface area contributed by atoms with Crippen molar-refractivity contribution in [3.8, 4) is 5.69 Å². The maximum absolute atomic E-state index is 12.7. The smallest absolute Gasteiger partial charge is 0.173 e. The molecule has 2 aromatic rings. The first-order chi connectivity index (χ1) is 7.18. The van der Waals surface area contributed by atoms with Gasteiger partial charge < -0.3 is 5.73 Å². The molecule has 1 aromatic heterocycles. The van der Waals surface area contributed by atoms with Crippen molar-refractivity contribution in [1.29, 1.82) is 0 Å². The Morgan fingerprint density at radius 1 is 1.33 bits per heavy atom. The molecule has 15 heavy (non-hydrogen) atoms. The third-order valence-corrected chi connectivity index (χ3v) is 1.97. The van der Waals surface area contributed by atoms with Crippen LogP contribution in [0.2, 0.25) is 0 Å². The van der Waals surface area contributed by atoms with Gasteiger partial charge in [-0.05, 0) is 41.6 Å². The number of benzene rings is 1. The fraction of sp³-hybridized carbons (Fsp3) is 0.222. The lowest BCUT2D eigenvalue weighted by Crippen LogP contribution is -2.13. The standard InChI is InChI=1S/C9H10FN5/c1-6(11)9-12-13-14-15(9)8-4-2-7(10)3-5-8/h2-6H,11H2,1H3. The van der Waals surface area contributed by atoms with Gasteiger partial charge in [-0.25, -0.2) is 4.39 Å². The molecule has 1 atom stereocenters. The summed E-state index contributed by atoms with van der Waals surface area (Å²) in [6.45, 7) is 1.78. The molecule has 0 fully saturated rings. The molecule has 0 saturated heterocycles. The van der Waals surface area contributed by atoms with Gasteiger partial charge in [-0.3, -0.25) is 0 Å². The normalized spacial score (nSPS) is 12.7. The number of nitrogens with two attached hydrogens (primary N) is 1. The summed E-state index contributed by atoms with van der Waals surface area (Å²) in [5.41, 5.74) is 6.38. The molecule has 6 heteroatoms. The van der Waals surface area contributed by atoms with Crippen LogP contribution in [-0.4, -0.2) is 20.2 Å². The molecule has 0 spiro atoms. The maximum Gasteiger partial charge on any atom is 0.173 e. The summed E-state index contributed by atoms with van der Waals surface area (Å²) >= 11 is 0. The van der Waals surface area contributed by atoms with Crippen molar-refractivity contribution in [2.45, 2.75) is 13.0 Å². The van der Waals surface area contributed by atoms with Crippen LogP contribution >= 0.6 is 0 Å². The van der Waals surface area contributed by atoms with E-state index >= 15 is 0 Å². The quantitative estimate of drug-likeness (QED) is 0.791. The van der Waals surface area contributed by atoms with Crippen LogP contribution in [0.4, 0.5) is 4.39 Å². The summed E-state index contributed by atoms with van der Waals surface area (Å²) in [6.07, 6.45) is 0. The van der Waals surface area contributed by atoms with Crippen LogP contribution in [0.3, 0.4) is 0 Å². The Morgan fingerprint density at radius 2 is 2.00 bits per heavy atom. The molecule has 0 bridgehead atoms. The van der Waals surface area contributed by atoms with E-state index in [0.717, 1.165) is 0 Å². The lowest BCUT2D eigenvalue weighted by Gasteiger charge is -2.06. The lowest BCUT2D eigenvalue weighted by molar-refractivity contribution is 0.625. The molecule has 2 N–H and O–H groups in total. The number of tetrazole rings is 1. The van der Waals surface area contributed by atoms with E-state index in [2.05, 4.69) is 15.5 Å². The molecule has 0 saturated carbocycles. The second-order valence-corrected chi connectivity index (χ2v) is 3.21. The Morgan fingerprint density at radius 3 is 2.60 bits per heavy atom. The van der Waals surface area contributed by atoms with Gasteiger partial charge in [0.15, 0.2) is 5.82 Å². The average molecular weight is 207 g/mol. The van der Waals surface area contributed by atoms with Crippen LogP contribution in [0.25, 0.3) is 5.69 Å². The molecule has 0 aliphatic carbocycles. The zero-order valence-corrected chi connectivity index (χ0v) is 8.13. The highest BCUT2D eigenvalue weighted by atomic mass is 19.1. The summed E-state index contributed by atoms with van der Waals surface area (Å²) in [5, 5.41) is 11.1. The summed E-state index contributed by atoms with van der Waals surface area (Å²) in [7, 11) is 0. The summed E-state index contributed by atoms with van der Waals surface area (Å²) in [6, 6.07) is 5.61. The zero-order chi connectivity index (χ0) is 10.8. The molecular formula is C9H10FN5. The first kappa shape index (κ1) is 9.72. The van der Waals surface area contributed by atoms with Gasteiger partial charge in [0.25, 0.3) is 0 Å². The van der Waals surface area contributed by atoms with Crippen molar-refractivity contribution in [1.82, 2.24) is 20.2 Å². The highest BCUT2D eigenvalue weighted by molar-refractivity contribution is 5.31. The van der Waals surface area contributed by atoms with Crippen LogP contribution < -0.4 is 5.73 Å². The van der Waals surface area contributed by atoms with E-state index in [1.807, 2.05) is 0 Å². The van der Waals surface area contributed by atoms with Gasteiger partial charge in [-0.1, -0.05) is 0 Å². The van der Waals surface area contributed by atoms with Gasteiger partial charge in [0, 0.05) is 0 Å². The number of aromatic nitrogens is 4. The molecule has 0 aliphatic heterocycles. The van der Waals surface area contributed by atoms with Crippen LogP contribution in [0.15, 0.2) is 24.3 Å². The molecule has 1 heterocycles. The van der Waals surface area contributed by atoms with E-state index in [4.69, 9.17) is 5.73 Å². The van der Waals surface area contributed by atoms with E-state index in [1.165, 1.54) is 16.8 Å². The Balaban J connectivity index is 2.45. The van der Waals surface area contributed by atoms with E-state index in [9.17, 15) is 4.39 Å². The Kier molecular flexibility index (Phi) is 2.42. The second kappa shape index (κ2) is 3.74. The van der Waals surface area contributed by atoms with Gasteiger partial charge in [-0.15, -0.1) is 5.10 Å². The van der Waals surface area contributed by atoms with Crippen LogP contribution in [0, 0.1) is 5.82 Å². The molecule has 0 radical (unpaired) electrons. The van der Waals surface area contributed by atoms with Gasteiger partial charge in [0.05, 0.1) is 11.7 Å². The second-order valence-electron chi connectivity index (χ2n) is 3.21. The predicted octanol–water partition coefficient (Wildman–Crippen LogP) is 0.821. The van der Waals surface area contributed by atoms with Crippen molar-refractivity contribution in [3.05, 3.63) is 35.9 Å². The fourth-order valence-electron chi connectivity index (χ4n) is 1.24. The third-order valence-electron chi connectivity index (χ3n) is 1.97. The number of hydrogen-bond acceptors (Lipinski definition) is 4. The summed E-state index contributed by atoms with van der Waals surface area (Å²) in [5.74, 6) is 0.246. The average Bonchev–Trinajstić information content (AvgIpc) is 2.67. The minimum Gasteiger partial charge on any atom is -0.321 e. The molecule has 78 valence electrons. The highest BCUT2D eigenvalue weighted by Gasteiger charge is 2.11. The van der Waals surface area contributed by atoms with Gasteiger partial charge in [0.1, 0.15) is 5.82 Å². The molecule has 1 aromatic carbocycles. The van der Waals surface area contributed by atoms with Crippen molar-refractivity contribution < 1.29 is 4.39 Å². The van der Waals surface area contributed by atoms with Crippen LogP contribution in [0.1, 0.15) is 18.8 Å². The van der Waals surface area contributed by atoms with Crippen molar-refractivity contribution in [3.63, 3.8) is 0 Å². The third kappa shape index (κ3) is 1.84. The molecule has 1 unspecified atom stereocenters. The minimum atomic E-state index is -0.297. The highest BCUT2D eigenvalue weighted by Crippen LogP contribution is 2.12. The number of rotatable bonds is 2. The van der Waals surface area contributed by atoms with Crippen molar-refractivity contribution in [2.24, 2.45) is 5.73 Å². The van der Waals surface area contributed by atoms with E-state index in [0.29, 0.717) is 11.5 Å². The molecule has 5 nitrogen and oxygen atoms in total. The number of halogens is 1. The predicted molar refractivity (Wildman–Crippen MR) is 51.7 cm³/mol. The van der Waals surface area contributed by atoms with E-state index in [-0.39, 0.29) is 11.9 Å². The molecule has 0 amide bonds. The van der Waals surface area contributed by atoms with E-state index in [1.54, 1.807) is 19.1 Å². The van der Waals surface area contributed by atoms with Crippen molar-refractivity contribution >= 4 is 0 Å². The lowest BCUT2D eigenvalue weighted by atomic mass is 10.3. The summed E-state index contributed by atoms with van der Waals surface area (Å²) < 4.78 is 14.2. The largest absolute Gasteiger partial charge is 0.321 e. The Hall–Kier alpha value is -1.82. The van der Waals surface area contributed by atoms with Crippen molar-refractivity contribution in [2.75, 3.05) is 0 Å². The van der Waals surface area contributed by atoms with E-state index < -0.39 is 0 Å². The molecule has 0 aliphatic rings. The first-order valence-electron chi connectivity index (χ1n) is 4.48.